The number of hydrogen-bond acceptors (Lipinski definition) is 2. The number of carbonyl (C=O) groups is 1. The van der Waals surface area contributed by atoms with Gasteiger partial charge in [0, 0.05) is 5.69 Å². The van der Waals surface area contributed by atoms with Gasteiger partial charge in [0.2, 0.25) is 0 Å². The number of rotatable bonds is 7. The van der Waals surface area contributed by atoms with Gasteiger partial charge in [0.15, 0.2) is 0 Å². The van der Waals surface area contributed by atoms with Crippen LogP contribution in [-0.4, -0.2) is 11.1 Å². The molecule has 0 heterocycles. The Morgan fingerprint density at radius 2 is 1.49 bits per heavy atom. The Balaban J connectivity index is 2.21. The van der Waals surface area contributed by atoms with Gasteiger partial charge in [0.1, 0.15) is 0 Å². The fraction of sp³-hybridized carbons (Fsp3) is 0.269. The second kappa shape index (κ2) is 10.0. The van der Waals surface area contributed by atoms with Crippen LogP contribution in [0.4, 0.5) is 37.7 Å². The molecule has 9 heteroatoms. The molecule has 0 aliphatic carbocycles. The maximum absolute atomic E-state index is 14.1. The van der Waals surface area contributed by atoms with Gasteiger partial charge >= 0.3 is 18.3 Å². The number of nitrogens with one attached hydrogen (secondary N) is 1. The van der Waals surface area contributed by atoms with Crippen molar-refractivity contribution in [1.29, 1.82) is 0 Å². The van der Waals surface area contributed by atoms with Crippen molar-refractivity contribution < 1.29 is 36.2 Å². The van der Waals surface area contributed by atoms with Crippen LogP contribution in [0.5, 0.6) is 0 Å². The van der Waals surface area contributed by atoms with Gasteiger partial charge in [0.05, 0.1) is 22.7 Å². The van der Waals surface area contributed by atoms with E-state index in [0.29, 0.717) is 11.1 Å². The molecule has 0 aromatic heterocycles. The number of benzene rings is 3. The summed E-state index contributed by atoms with van der Waals surface area (Å²) in [7, 11) is 0. The lowest BCUT2D eigenvalue weighted by molar-refractivity contribution is -0.140. The van der Waals surface area contributed by atoms with Crippen LogP contribution in [0.25, 0.3) is 11.1 Å². The lowest BCUT2D eigenvalue weighted by Gasteiger charge is -2.24. The fourth-order valence-corrected chi connectivity index (χ4v) is 3.84. The van der Waals surface area contributed by atoms with Crippen molar-refractivity contribution in [3.05, 3.63) is 83.4 Å². The van der Waals surface area contributed by atoms with E-state index in [2.05, 4.69) is 5.32 Å². The first-order valence-corrected chi connectivity index (χ1v) is 10.7. The third kappa shape index (κ3) is 6.35. The number of alkyl halides is 6. The van der Waals surface area contributed by atoms with E-state index < -0.39 is 41.1 Å². The lowest BCUT2D eigenvalue weighted by atomic mass is 9.83. The Kier molecular flexibility index (Phi) is 7.47. The molecular weight excluding hydrogens is 472 g/mol. The highest BCUT2D eigenvalue weighted by atomic mass is 19.4. The number of halogens is 6. The summed E-state index contributed by atoms with van der Waals surface area (Å²) in [6.45, 7) is 3.56. The maximum Gasteiger partial charge on any atom is 0.418 e. The van der Waals surface area contributed by atoms with Crippen molar-refractivity contribution in [3.8, 4) is 11.1 Å². The molecule has 3 nitrogen and oxygen atoms in total. The van der Waals surface area contributed by atoms with Crippen LogP contribution < -0.4 is 5.32 Å². The van der Waals surface area contributed by atoms with Crippen LogP contribution >= 0.6 is 0 Å². The van der Waals surface area contributed by atoms with E-state index in [1.165, 1.54) is 6.07 Å². The summed E-state index contributed by atoms with van der Waals surface area (Å²) in [5.74, 6) is -2.53. The number of aliphatic carboxylic acids is 1. The van der Waals surface area contributed by atoms with Gasteiger partial charge in [-0.05, 0) is 65.4 Å². The monoisotopic (exact) mass is 495 g/mol. The van der Waals surface area contributed by atoms with Gasteiger partial charge in [-0.2, -0.15) is 26.3 Å². The molecule has 2 N–H and O–H groups in total. The van der Waals surface area contributed by atoms with Gasteiger partial charge in [-0.25, -0.2) is 0 Å². The molecule has 0 radical (unpaired) electrons. The molecule has 3 aromatic carbocycles. The molecule has 0 fully saturated rings. The first-order valence-electron chi connectivity index (χ1n) is 10.7. The molecule has 35 heavy (non-hydrogen) atoms. The molecular formula is C26H23F6NO2. The summed E-state index contributed by atoms with van der Waals surface area (Å²) < 4.78 is 80.8. The van der Waals surface area contributed by atoms with Crippen molar-refractivity contribution in [2.24, 2.45) is 5.92 Å². The average Bonchev–Trinajstić information content (AvgIpc) is 2.76. The summed E-state index contributed by atoms with van der Waals surface area (Å²) >= 11 is 0. The Hall–Kier alpha value is -3.49. The van der Waals surface area contributed by atoms with Crippen molar-refractivity contribution in [1.82, 2.24) is 0 Å². The zero-order chi connectivity index (χ0) is 26.0. The predicted molar refractivity (Wildman–Crippen MR) is 121 cm³/mol. The van der Waals surface area contributed by atoms with Crippen LogP contribution in [-0.2, 0) is 17.1 Å². The van der Waals surface area contributed by atoms with E-state index in [-0.39, 0.29) is 23.6 Å². The highest BCUT2D eigenvalue weighted by Crippen LogP contribution is 2.43. The van der Waals surface area contributed by atoms with E-state index in [0.717, 1.165) is 30.3 Å². The Labute approximate surface area is 198 Å². The van der Waals surface area contributed by atoms with E-state index >= 15 is 0 Å². The smallest absolute Gasteiger partial charge is 0.418 e. The molecule has 0 amide bonds. The third-order valence-electron chi connectivity index (χ3n) is 5.45. The quantitative estimate of drug-likeness (QED) is 0.324. The summed E-state index contributed by atoms with van der Waals surface area (Å²) in [6, 6.07) is 14.0. The minimum atomic E-state index is -4.85. The van der Waals surface area contributed by atoms with E-state index in [1.54, 1.807) is 44.2 Å². The topological polar surface area (TPSA) is 49.3 Å². The Morgan fingerprint density at radius 3 is 1.97 bits per heavy atom. The van der Waals surface area contributed by atoms with E-state index in [9.17, 15) is 36.2 Å². The largest absolute Gasteiger partial charge is 0.481 e. The van der Waals surface area contributed by atoms with Crippen molar-refractivity contribution in [2.45, 2.75) is 38.5 Å². The fourth-order valence-electron chi connectivity index (χ4n) is 3.84. The van der Waals surface area contributed by atoms with Crippen molar-refractivity contribution >= 4 is 17.3 Å². The highest BCUT2D eigenvalue weighted by molar-refractivity contribution is 5.84. The highest BCUT2D eigenvalue weighted by Gasteiger charge is 2.37. The molecule has 186 valence electrons. The molecule has 0 aliphatic heterocycles. The van der Waals surface area contributed by atoms with Gasteiger partial charge in [-0.3, -0.25) is 4.79 Å². The molecule has 3 rings (SSSR count). The SMILES string of the molecule is CC(C)CC(C(=O)O)c1cc(C(F)(F)F)c(Nc2ccc(C(F)(F)F)cc2)cc1-c1ccccc1. The molecule has 0 bridgehead atoms. The Morgan fingerprint density at radius 1 is 0.886 bits per heavy atom. The number of carboxylic acid groups (broad SMARTS) is 1. The second-order valence-electron chi connectivity index (χ2n) is 8.57. The molecule has 0 spiro atoms. The van der Waals surface area contributed by atoms with Crippen LogP contribution in [0.3, 0.4) is 0 Å². The average molecular weight is 495 g/mol. The first-order chi connectivity index (χ1) is 16.3. The molecule has 1 atom stereocenters. The van der Waals surface area contributed by atoms with Crippen molar-refractivity contribution in [2.75, 3.05) is 5.32 Å². The lowest BCUT2D eigenvalue weighted by Crippen LogP contribution is -2.18. The number of hydrogen-bond donors (Lipinski definition) is 2. The number of carboxylic acids is 1. The van der Waals surface area contributed by atoms with Crippen LogP contribution in [0.15, 0.2) is 66.7 Å². The van der Waals surface area contributed by atoms with Gasteiger partial charge < -0.3 is 10.4 Å². The zero-order valence-electron chi connectivity index (χ0n) is 18.8. The second-order valence-corrected chi connectivity index (χ2v) is 8.57. The summed E-state index contributed by atoms with van der Waals surface area (Å²) in [5, 5.41) is 12.4. The normalized spacial score (nSPS) is 13.1. The third-order valence-corrected chi connectivity index (χ3v) is 5.45. The standard InChI is InChI=1S/C26H23F6NO2/c1-15(2)12-21(24(34)35)20-13-22(26(30,31)32)23(14-19(20)16-6-4-3-5-7-16)33-18-10-8-17(9-11-18)25(27,28)29/h3-11,13-15,21,33H,12H2,1-2H3,(H,34,35). The summed E-state index contributed by atoms with van der Waals surface area (Å²) in [6.07, 6.45) is -9.31. The molecule has 0 aliphatic rings. The van der Waals surface area contributed by atoms with E-state index in [1.807, 2.05) is 0 Å². The van der Waals surface area contributed by atoms with Gasteiger partial charge in [0.25, 0.3) is 0 Å². The molecule has 0 saturated carbocycles. The maximum atomic E-state index is 14.1. The molecule has 3 aromatic rings. The van der Waals surface area contributed by atoms with E-state index in [4.69, 9.17) is 0 Å². The number of anilines is 2. The van der Waals surface area contributed by atoms with Crippen LogP contribution in [0.1, 0.15) is 42.9 Å². The van der Waals surface area contributed by atoms with Crippen molar-refractivity contribution in [3.63, 3.8) is 0 Å². The summed E-state index contributed by atoms with van der Waals surface area (Å²) in [4.78, 5) is 12.1. The van der Waals surface area contributed by atoms with Gasteiger partial charge in [-0.1, -0.05) is 44.2 Å². The molecule has 0 saturated heterocycles. The minimum Gasteiger partial charge on any atom is -0.481 e. The predicted octanol–water partition coefficient (Wildman–Crippen LogP) is 8.35. The molecule has 1 unspecified atom stereocenters. The Bertz CT molecular complexity index is 1170. The van der Waals surface area contributed by atoms with Crippen LogP contribution in [0.2, 0.25) is 0 Å². The summed E-state index contributed by atoms with van der Waals surface area (Å²) in [5.41, 5.74) is -1.59. The zero-order valence-corrected chi connectivity index (χ0v) is 18.8. The minimum absolute atomic E-state index is 0.0164. The van der Waals surface area contributed by atoms with Crippen LogP contribution in [0, 0.1) is 5.92 Å². The first kappa shape index (κ1) is 26.1. The van der Waals surface area contributed by atoms with Gasteiger partial charge in [-0.15, -0.1) is 0 Å².